The van der Waals surface area contributed by atoms with E-state index >= 15 is 0 Å². The fourth-order valence-corrected chi connectivity index (χ4v) is 7.49. The van der Waals surface area contributed by atoms with Crippen LogP contribution < -0.4 is 10.6 Å². The van der Waals surface area contributed by atoms with E-state index in [0.717, 1.165) is 0 Å². The van der Waals surface area contributed by atoms with Gasteiger partial charge in [-0.15, -0.1) is 0 Å². The van der Waals surface area contributed by atoms with E-state index in [-0.39, 0.29) is 30.2 Å². The number of carboxylic acids is 1. The molecule has 1 spiro atoms. The molecule has 15 nitrogen and oxygen atoms in total. The average Bonchev–Trinajstić information content (AvgIpc) is 3.53. The molecule has 51 heavy (non-hydrogen) atoms. The first-order valence-corrected chi connectivity index (χ1v) is 17.1. The van der Waals surface area contributed by atoms with Gasteiger partial charge in [-0.25, -0.2) is 4.79 Å². The van der Waals surface area contributed by atoms with Gasteiger partial charge in [-0.2, -0.15) is 0 Å². The van der Waals surface area contributed by atoms with Gasteiger partial charge in [-0.05, 0) is 55.7 Å². The third-order valence-electron chi connectivity index (χ3n) is 10.4. The predicted octanol–water partition coefficient (Wildman–Crippen LogP) is -0.0543. The van der Waals surface area contributed by atoms with E-state index < -0.39 is 72.3 Å². The number of carbonyl (C=O) groups is 4. The van der Waals surface area contributed by atoms with E-state index in [1.807, 2.05) is 6.07 Å². The van der Waals surface area contributed by atoms with Crippen LogP contribution in [0.4, 0.5) is 0 Å². The van der Waals surface area contributed by atoms with Crippen LogP contribution in [0.25, 0.3) is 0 Å². The Morgan fingerprint density at radius 1 is 1.04 bits per heavy atom. The van der Waals surface area contributed by atoms with Gasteiger partial charge in [0.05, 0.1) is 37.0 Å². The molecule has 0 aliphatic carbocycles. The van der Waals surface area contributed by atoms with Gasteiger partial charge >= 0.3 is 5.97 Å². The van der Waals surface area contributed by atoms with Crippen molar-refractivity contribution in [2.24, 2.45) is 0 Å². The minimum Gasteiger partial charge on any atom is -0.507 e. The van der Waals surface area contributed by atoms with Crippen molar-refractivity contribution in [3.8, 4) is 5.75 Å². The number of ether oxygens (including phenoxy) is 2. The van der Waals surface area contributed by atoms with Crippen LogP contribution in [-0.4, -0.2) is 147 Å². The number of carbonyl (C=O) groups excluding carboxylic acids is 3. The number of rotatable bonds is 11. The molecule has 3 aliphatic rings. The number of phenols is 1. The average molecular weight is 713 g/mol. The Bertz CT molecular complexity index is 1590. The Morgan fingerprint density at radius 3 is 2.37 bits per heavy atom. The molecule has 0 unspecified atom stereocenters. The van der Waals surface area contributed by atoms with Crippen LogP contribution in [0, 0.1) is 13.8 Å². The molecule has 7 N–H and O–H groups in total. The van der Waals surface area contributed by atoms with Crippen LogP contribution >= 0.6 is 0 Å². The number of aromatic hydroxyl groups is 1. The molecule has 278 valence electrons. The Labute approximate surface area is 296 Å². The molecule has 0 bridgehead atoms. The normalized spacial score (nSPS) is 27.9. The van der Waals surface area contributed by atoms with Gasteiger partial charge in [0.25, 0.3) is 11.8 Å². The second-order valence-corrected chi connectivity index (χ2v) is 14.0. The van der Waals surface area contributed by atoms with Crippen molar-refractivity contribution in [3.05, 3.63) is 64.7 Å². The smallest absolute Gasteiger partial charge is 0.336 e. The van der Waals surface area contributed by atoms with Crippen molar-refractivity contribution in [1.82, 2.24) is 20.4 Å². The molecule has 3 amide bonds. The molecule has 5 rings (SSSR count). The predicted molar refractivity (Wildman–Crippen MR) is 182 cm³/mol. The number of morpholine rings is 1. The number of amides is 3. The monoisotopic (exact) mass is 712 g/mol. The summed E-state index contributed by atoms with van der Waals surface area (Å²) < 4.78 is 12.0. The number of aryl methyl sites for hydroxylation is 2. The third-order valence-corrected chi connectivity index (χ3v) is 10.4. The zero-order valence-electron chi connectivity index (χ0n) is 29.1. The van der Waals surface area contributed by atoms with Crippen molar-refractivity contribution in [3.63, 3.8) is 0 Å². The lowest BCUT2D eigenvalue weighted by atomic mass is 9.81. The first kappa shape index (κ1) is 38.1. The number of aliphatic carboxylic acids is 1. The molecular formula is C36H48N4O11. The van der Waals surface area contributed by atoms with E-state index in [1.165, 1.54) is 19.1 Å². The number of aliphatic hydroxyl groups excluding tert-OH is 3. The number of benzene rings is 2. The molecule has 3 saturated heterocycles. The molecular weight excluding hydrogens is 664 g/mol. The number of phenolic OH excluding ortho intramolecular Hbond substituents is 1. The molecule has 7 atom stereocenters. The number of likely N-dealkylation sites (tertiary alicyclic amines) is 1. The Balaban J connectivity index is 1.31. The standard InChI is InChI=1S/C36H48N4O11/c1-21-15-25(16-22(2)29(21)44)32(46)37-18-27(43)30(45)31-28(38-23(3)41)26(42)17-36(51-31,34(48)49)10-12-40-13-14-50-20-35(40)9-11-39(19-35)33(47)24-7-5-4-6-8-24/h4-8,15-16,26-28,30-31,42-45H,9-14,17-20H2,1-3H3,(H,37,46)(H,38,41)(H,48,49)/t26-,27+,28+,30+,31+,35-,36+/m0/s1. The quantitative estimate of drug-likeness (QED) is 0.163. The summed E-state index contributed by atoms with van der Waals surface area (Å²) in [4.78, 5) is 55.1. The molecule has 3 aliphatic heterocycles. The number of nitrogens with zero attached hydrogens (tertiary/aromatic N) is 2. The Hall–Kier alpha value is -4.12. The molecule has 2 aromatic carbocycles. The van der Waals surface area contributed by atoms with Gasteiger partial charge in [-0.1, -0.05) is 18.2 Å². The molecule has 0 saturated carbocycles. The van der Waals surface area contributed by atoms with Crippen LogP contribution in [0.1, 0.15) is 58.0 Å². The number of nitrogens with one attached hydrogen (secondary N) is 2. The minimum absolute atomic E-state index is 0.0492. The van der Waals surface area contributed by atoms with Gasteiger partial charge < -0.3 is 50.5 Å². The summed E-state index contributed by atoms with van der Waals surface area (Å²) in [5.74, 6) is -2.62. The second kappa shape index (κ2) is 15.6. The van der Waals surface area contributed by atoms with Crippen LogP contribution in [0.3, 0.4) is 0 Å². The number of carboxylic acid groups (broad SMARTS) is 1. The van der Waals surface area contributed by atoms with Crippen LogP contribution in [0.15, 0.2) is 42.5 Å². The van der Waals surface area contributed by atoms with Crippen LogP contribution in [0.2, 0.25) is 0 Å². The highest BCUT2D eigenvalue weighted by atomic mass is 16.6. The fourth-order valence-electron chi connectivity index (χ4n) is 7.49. The lowest BCUT2D eigenvalue weighted by Gasteiger charge is -2.49. The topological polar surface area (TPSA) is 218 Å². The summed E-state index contributed by atoms with van der Waals surface area (Å²) in [7, 11) is 0. The van der Waals surface area contributed by atoms with Crippen molar-refractivity contribution in [1.29, 1.82) is 0 Å². The largest absolute Gasteiger partial charge is 0.507 e. The zero-order chi connectivity index (χ0) is 37.1. The summed E-state index contributed by atoms with van der Waals surface area (Å²) in [5.41, 5.74) is -0.869. The highest BCUT2D eigenvalue weighted by Crippen LogP contribution is 2.38. The van der Waals surface area contributed by atoms with E-state index in [2.05, 4.69) is 15.5 Å². The van der Waals surface area contributed by atoms with Crippen molar-refractivity contribution < 1.29 is 54.2 Å². The highest BCUT2D eigenvalue weighted by Gasteiger charge is 2.55. The summed E-state index contributed by atoms with van der Waals surface area (Å²) in [6.07, 6.45) is -6.55. The Kier molecular flexibility index (Phi) is 11.7. The third kappa shape index (κ3) is 8.19. The fraction of sp³-hybridized carbons (Fsp3) is 0.556. The first-order chi connectivity index (χ1) is 24.2. The number of hydrogen-bond acceptors (Lipinski definition) is 11. The molecule has 0 radical (unpaired) electrons. The molecule has 2 aromatic rings. The SMILES string of the molecule is CC(=O)N[C@H]1[C@H]([C@H](O)[C@H](O)CNC(=O)c2cc(C)c(O)c(C)c2)O[C@@](CCN2CCOC[C@@]23CCN(C(=O)c2ccccc2)C3)(C(=O)O)C[C@@H]1O. The molecule has 15 heteroatoms. The van der Waals surface area contributed by atoms with Gasteiger partial charge in [0.15, 0.2) is 5.60 Å². The van der Waals surface area contributed by atoms with E-state index in [4.69, 9.17) is 9.47 Å². The molecule has 0 aromatic heterocycles. The van der Waals surface area contributed by atoms with Gasteiger partial charge in [0, 0.05) is 63.6 Å². The van der Waals surface area contributed by atoms with Crippen molar-refractivity contribution in [2.45, 2.75) is 81.6 Å². The number of aliphatic hydroxyl groups is 3. The maximum absolute atomic E-state index is 13.3. The lowest BCUT2D eigenvalue weighted by Crippen LogP contribution is -2.68. The minimum atomic E-state index is -2.03. The number of hydrogen-bond donors (Lipinski definition) is 7. The van der Waals surface area contributed by atoms with Crippen LogP contribution in [-0.2, 0) is 19.1 Å². The van der Waals surface area contributed by atoms with E-state index in [1.54, 1.807) is 43.0 Å². The molecule has 3 fully saturated rings. The van der Waals surface area contributed by atoms with Crippen LogP contribution in [0.5, 0.6) is 5.75 Å². The summed E-state index contributed by atoms with van der Waals surface area (Å²) >= 11 is 0. The highest BCUT2D eigenvalue weighted by molar-refractivity contribution is 5.95. The van der Waals surface area contributed by atoms with E-state index in [0.29, 0.717) is 56.0 Å². The van der Waals surface area contributed by atoms with Crippen molar-refractivity contribution in [2.75, 3.05) is 45.9 Å². The van der Waals surface area contributed by atoms with Gasteiger partial charge in [0.2, 0.25) is 5.91 Å². The molecule has 3 heterocycles. The van der Waals surface area contributed by atoms with Gasteiger partial charge in [0.1, 0.15) is 18.0 Å². The van der Waals surface area contributed by atoms with Gasteiger partial charge in [-0.3, -0.25) is 19.3 Å². The summed E-state index contributed by atoms with van der Waals surface area (Å²) in [6.45, 7) is 6.22. The zero-order valence-corrected chi connectivity index (χ0v) is 29.1. The maximum atomic E-state index is 13.3. The summed E-state index contributed by atoms with van der Waals surface area (Å²) in [5, 5.41) is 59.3. The lowest BCUT2D eigenvalue weighted by molar-refractivity contribution is -0.231. The maximum Gasteiger partial charge on any atom is 0.336 e. The Morgan fingerprint density at radius 2 is 1.73 bits per heavy atom. The van der Waals surface area contributed by atoms with E-state index in [9.17, 15) is 44.7 Å². The van der Waals surface area contributed by atoms with Crippen molar-refractivity contribution >= 4 is 23.7 Å². The summed E-state index contributed by atoms with van der Waals surface area (Å²) in [6, 6.07) is 10.6. The first-order valence-electron chi connectivity index (χ1n) is 17.1. The second-order valence-electron chi connectivity index (χ2n) is 14.0.